The largest absolute Gasteiger partial charge is 0.411 e. The molecule has 0 atom stereocenters. The van der Waals surface area contributed by atoms with E-state index in [9.17, 15) is 9.59 Å². The number of hydrogen-bond acceptors (Lipinski definition) is 6. The molecule has 0 fully saturated rings. The number of hydrogen-bond donors (Lipinski definition) is 0. The van der Waals surface area contributed by atoms with Gasteiger partial charge >= 0.3 is 18.2 Å². The highest BCUT2D eigenvalue weighted by atomic mass is 32.1. The number of carbonyl (C=O) groups is 2. The molecule has 0 aliphatic carbocycles. The van der Waals surface area contributed by atoms with Crippen molar-refractivity contribution < 1.29 is 19.1 Å². The van der Waals surface area contributed by atoms with Crippen LogP contribution in [0.2, 0.25) is 0 Å². The Kier molecular flexibility index (Phi) is 4.70. The Bertz CT molecular complexity index is 483. The van der Waals surface area contributed by atoms with Gasteiger partial charge in [-0.3, -0.25) is 0 Å². The average molecular weight is 295 g/mol. The molecule has 0 aliphatic rings. The maximum Gasteiger partial charge on any atom is 0.342 e. The van der Waals surface area contributed by atoms with Gasteiger partial charge < -0.3 is 9.47 Å². The fraction of sp³-hybridized carbons (Fsp3) is 0.154. The third-order valence-electron chi connectivity index (χ3n) is 2.22. The summed E-state index contributed by atoms with van der Waals surface area (Å²) in [6.07, 6.45) is 0.332. The first kappa shape index (κ1) is 13.8. The van der Waals surface area contributed by atoms with Gasteiger partial charge in [0.2, 0.25) is 0 Å². The molecule has 2 aromatic rings. The average Bonchev–Trinajstić information content (AvgIpc) is 3.09. The molecule has 0 aromatic carbocycles. The van der Waals surface area contributed by atoms with Crippen LogP contribution >= 0.6 is 22.7 Å². The summed E-state index contributed by atoms with van der Waals surface area (Å²) >= 11 is 2.80. The Labute approximate surface area is 118 Å². The van der Waals surface area contributed by atoms with E-state index in [1.165, 1.54) is 22.7 Å². The summed E-state index contributed by atoms with van der Waals surface area (Å²) in [6, 6.07) is 3.31. The van der Waals surface area contributed by atoms with Gasteiger partial charge in [-0.15, -0.1) is 0 Å². The molecule has 19 heavy (non-hydrogen) atoms. The van der Waals surface area contributed by atoms with Gasteiger partial charge in [0, 0.05) is 17.2 Å². The lowest BCUT2D eigenvalue weighted by Gasteiger charge is -2.13. The Morgan fingerprint density at radius 1 is 1.00 bits per heavy atom. The Balaban J connectivity index is 1.94. The van der Waals surface area contributed by atoms with Gasteiger partial charge in [0.05, 0.1) is 11.1 Å². The van der Waals surface area contributed by atoms with Crippen LogP contribution in [0, 0.1) is 6.29 Å². The Morgan fingerprint density at radius 2 is 1.47 bits per heavy atom. The second-order valence-electron chi connectivity index (χ2n) is 3.53. The minimum Gasteiger partial charge on any atom is -0.411 e. The van der Waals surface area contributed by atoms with Crippen molar-refractivity contribution in [1.29, 1.82) is 0 Å². The van der Waals surface area contributed by atoms with Gasteiger partial charge in [-0.1, -0.05) is 6.92 Å². The van der Waals surface area contributed by atoms with Crippen LogP contribution in [0.5, 0.6) is 0 Å². The normalized spacial score (nSPS) is 10.4. The maximum absolute atomic E-state index is 11.7. The van der Waals surface area contributed by atoms with E-state index in [4.69, 9.17) is 9.47 Å². The van der Waals surface area contributed by atoms with Crippen LogP contribution in [0.4, 0.5) is 0 Å². The lowest BCUT2D eigenvalue weighted by Crippen LogP contribution is -2.17. The second-order valence-corrected chi connectivity index (χ2v) is 5.09. The highest BCUT2D eigenvalue weighted by Crippen LogP contribution is 2.18. The highest BCUT2D eigenvalue weighted by molar-refractivity contribution is 7.08. The van der Waals surface area contributed by atoms with E-state index in [1.807, 2.05) is 0 Å². The second kappa shape index (κ2) is 6.49. The van der Waals surface area contributed by atoms with Crippen LogP contribution in [0.3, 0.4) is 0 Å². The molecule has 0 bridgehead atoms. The zero-order chi connectivity index (χ0) is 13.7. The van der Waals surface area contributed by atoms with Gasteiger partial charge in [0.1, 0.15) is 0 Å². The highest BCUT2D eigenvalue weighted by Gasteiger charge is 2.22. The van der Waals surface area contributed by atoms with E-state index in [0.29, 0.717) is 17.5 Å². The van der Waals surface area contributed by atoms with Crippen LogP contribution < -0.4 is 0 Å². The molecule has 4 nitrogen and oxygen atoms in total. The van der Waals surface area contributed by atoms with Gasteiger partial charge in [0.25, 0.3) is 0 Å². The summed E-state index contributed by atoms with van der Waals surface area (Å²) in [5, 5.41) is 6.91. The van der Waals surface area contributed by atoms with Gasteiger partial charge in [-0.05, 0) is 22.9 Å². The van der Waals surface area contributed by atoms with Crippen molar-refractivity contribution in [3.63, 3.8) is 0 Å². The molecule has 0 saturated heterocycles. The van der Waals surface area contributed by atoms with Gasteiger partial charge in [0.15, 0.2) is 0 Å². The molecular formula is C13H11O4S2. The van der Waals surface area contributed by atoms with E-state index in [1.54, 1.807) is 40.6 Å². The molecule has 2 aromatic heterocycles. The zero-order valence-electron chi connectivity index (χ0n) is 10.1. The van der Waals surface area contributed by atoms with Crippen LogP contribution in [-0.2, 0) is 9.47 Å². The molecule has 1 radical (unpaired) electrons. The zero-order valence-corrected chi connectivity index (χ0v) is 11.8. The number of carbonyl (C=O) groups excluding carboxylic acids is 2. The standard InChI is InChI=1S/C13H11O4S2/c1-2-11(16-12(14)9-3-5-18-7-9)17-13(15)10-4-6-19-8-10/h3-8H,2H2,1H3. The van der Waals surface area contributed by atoms with Crippen molar-refractivity contribution in [3.8, 4) is 0 Å². The summed E-state index contributed by atoms with van der Waals surface area (Å²) in [4.78, 5) is 23.4. The Morgan fingerprint density at radius 3 is 1.79 bits per heavy atom. The SMILES string of the molecule is CC[C](OC(=O)c1ccsc1)OC(=O)c1ccsc1. The fourth-order valence-electron chi connectivity index (χ4n) is 1.25. The summed E-state index contributed by atoms with van der Waals surface area (Å²) in [5.41, 5.74) is 0.894. The molecule has 0 N–H and O–H groups in total. The van der Waals surface area contributed by atoms with Crippen LogP contribution in [0.1, 0.15) is 34.1 Å². The molecule has 0 aliphatic heterocycles. The van der Waals surface area contributed by atoms with E-state index < -0.39 is 11.9 Å². The van der Waals surface area contributed by atoms with E-state index >= 15 is 0 Å². The van der Waals surface area contributed by atoms with Gasteiger partial charge in [-0.2, -0.15) is 22.7 Å². The molecular weight excluding hydrogens is 284 g/mol. The third kappa shape index (κ3) is 3.65. The minimum atomic E-state index is -0.517. The Hall–Kier alpha value is -1.66. The van der Waals surface area contributed by atoms with Crippen molar-refractivity contribution in [1.82, 2.24) is 0 Å². The smallest absolute Gasteiger partial charge is 0.342 e. The quantitative estimate of drug-likeness (QED) is 0.789. The molecule has 6 heteroatoms. The molecule has 0 spiro atoms. The van der Waals surface area contributed by atoms with Crippen molar-refractivity contribution in [2.45, 2.75) is 13.3 Å². The maximum atomic E-state index is 11.7. The lowest BCUT2D eigenvalue weighted by molar-refractivity contribution is -0.0145. The first-order valence-electron chi connectivity index (χ1n) is 5.55. The molecule has 2 heterocycles. The molecule has 0 unspecified atom stereocenters. The summed E-state index contributed by atoms with van der Waals surface area (Å²) in [6.45, 7) is 1.75. The molecule has 0 saturated carbocycles. The monoisotopic (exact) mass is 295 g/mol. The lowest BCUT2D eigenvalue weighted by atomic mass is 10.3. The van der Waals surface area contributed by atoms with E-state index in [0.717, 1.165) is 0 Å². The predicted molar refractivity (Wildman–Crippen MR) is 73.0 cm³/mol. The van der Waals surface area contributed by atoms with E-state index in [2.05, 4.69) is 0 Å². The van der Waals surface area contributed by atoms with Crippen molar-refractivity contribution in [2.24, 2.45) is 0 Å². The van der Waals surface area contributed by atoms with Crippen molar-refractivity contribution in [3.05, 3.63) is 51.1 Å². The van der Waals surface area contributed by atoms with Gasteiger partial charge in [-0.25, -0.2) is 9.59 Å². The van der Waals surface area contributed by atoms with Crippen molar-refractivity contribution in [2.75, 3.05) is 0 Å². The van der Waals surface area contributed by atoms with Crippen LogP contribution in [0.15, 0.2) is 33.7 Å². The third-order valence-corrected chi connectivity index (χ3v) is 3.58. The molecule has 2 rings (SSSR count). The summed E-state index contributed by atoms with van der Waals surface area (Å²) in [5.74, 6) is -1.03. The van der Waals surface area contributed by atoms with Crippen molar-refractivity contribution >= 4 is 34.6 Å². The number of esters is 2. The number of rotatable bonds is 5. The fourth-order valence-corrected chi connectivity index (χ4v) is 2.50. The first-order valence-corrected chi connectivity index (χ1v) is 7.44. The predicted octanol–water partition coefficient (Wildman–Crippen LogP) is 3.72. The first-order chi connectivity index (χ1) is 9.20. The molecule has 0 amide bonds. The van der Waals surface area contributed by atoms with Crippen LogP contribution in [-0.4, -0.2) is 11.9 Å². The molecule has 99 valence electrons. The summed E-state index contributed by atoms with van der Waals surface area (Å²) in [7, 11) is 0. The van der Waals surface area contributed by atoms with E-state index in [-0.39, 0.29) is 6.29 Å². The topological polar surface area (TPSA) is 52.6 Å². The number of ether oxygens (including phenoxy) is 2. The summed E-state index contributed by atoms with van der Waals surface area (Å²) < 4.78 is 10.1. The number of thiophene rings is 2. The minimum absolute atomic E-state index is 0.00685. The van der Waals surface area contributed by atoms with Crippen LogP contribution in [0.25, 0.3) is 0 Å².